The van der Waals surface area contributed by atoms with Gasteiger partial charge in [-0.25, -0.2) is 0 Å². The summed E-state index contributed by atoms with van der Waals surface area (Å²) in [5.74, 6) is 0. The van der Waals surface area contributed by atoms with Crippen molar-refractivity contribution < 1.29 is 4.42 Å². The van der Waals surface area contributed by atoms with Crippen LogP contribution in [-0.2, 0) is 0 Å². The fourth-order valence-electron chi connectivity index (χ4n) is 4.31. The van der Waals surface area contributed by atoms with E-state index in [4.69, 9.17) is 4.42 Å². The number of aromatic nitrogens is 1. The van der Waals surface area contributed by atoms with E-state index in [1.807, 2.05) is 12.1 Å². The summed E-state index contributed by atoms with van der Waals surface area (Å²) >= 11 is 0. The van der Waals surface area contributed by atoms with E-state index < -0.39 is 0 Å². The van der Waals surface area contributed by atoms with Crippen LogP contribution >= 0.6 is 0 Å². The van der Waals surface area contributed by atoms with Crippen LogP contribution in [0.15, 0.2) is 89.3 Å². The quantitative estimate of drug-likeness (QED) is 0.313. The Morgan fingerprint density at radius 2 is 1.37 bits per heavy atom. The molecule has 4 aromatic carbocycles. The molecular weight excluding hydrogens is 330 g/mol. The normalized spacial score (nSPS) is 11.9. The highest BCUT2D eigenvalue weighted by molar-refractivity contribution is 6.11. The molecule has 0 unspecified atom stereocenters. The van der Waals surface area contributed by atoms with Crippen LogP contribution in [0.2, 0.25) is 0 Å². The lowest BCUT2D eigenvalue weighted by atomic mass is 10.1. The van der Waals surface area contributed by atoms with Crippen molar-refractivity contribution in [3.63, 3.8) is 0 Å². The minimum absolute atomic E-state index is 0.928. The smallest absolute Gasteiger partial charge is 0.135 e. The summed E-state index contributed by atoms with van der Waals surface area (Å²) in [6.07, 6.45) is 0. The molecule has 0 spiro atoms. The molecule has 0 fully saturated rings. The van der Waals surface area contributed by atoms with Crippen molar-refractivity contribution >= 4 is 43.7 Å². The topological polar surface area (TPSA) is 18.1 Å². The third kappa shape index (κ3) is 1.95. The van der Waals surface area contributed by atoms with Crippen molar-refractivity contribution in [2.75, 3.05) is 0 Å². The molecule has 2 heterocycles. The Balaban J connectivity index is 1.78. The van der Waals surface area contributed by atoms with E-state index in [1.165, 1.54) is 27.4 Å². The van der Waals surface area contributed by atoms with Gasteiger partial charge in [0.2, 0.25) is 0 Å². The fraction of sp³-hybridized carbons (Fsp3) is 0.0400. The Kier molecular flexibility index (Phi) is 2.84. The molecular formula is C25H17NO. The summed E-state index contributed by atoms with van der Waals surface area (Å²) in [5.41, 5.74) is 6.80. The molecule has 0 atom stereocenters. The van der Waals surface area contributed by atoms with Crippen molar-refractivity contribution in [3.8, 4) is 5.69 Å². The van der Waals surface area contributed by atoms with Gasteiger partial charge in [-0.1, -0.05) is 54.6 Å². The summed E-state index contributed by atoms with van der Waals surface area (Å²) in [5, 5.41) is 4.89. The van der Waals surface area contributed by atoms with Crippen molar-refractivity contribution in [1.29, 1.82) is 0 Å². The molecule has 0 saturated heterocycles. The van der Waals surface area contributed by atoms with E-state index in [0.29, 0.717) is 0 Å². The van der Waals surface area contributed by atoms with Crippen LogP contribution in [0.4, 0.5) is 0 Å². The largest absolute Gasteiger partial charge is 0.456 e. The van der Waals surface area contributed by atoms with Gasteiger partial charge in [-0.15, -0.1) is 0 Å². The van der Waals surface area contributed by atoms with Crippen LogP contribution in [0.1, 0.15) is 5.56 Å². The minimum Gasteiger partial charge on any atom is -0.456 e. The molecule has 0 bridgehead atoms. The Bertz CT molecular complexity index is 1480. The summed E-state index contributed by atoms with van der Waals surface area (Å²) in [4.78, 5) is 0. The zero-order valence-electron chi connectivity index (χ0n) is 14.9. The average molecular weight is 347 g/mol. The lowest BCUT2D eigenvalue weighted by Gasteiger charge is -2.09. The number of rotatable bonds is 1. The second-order valence-corrected chi connectivity index (χ2v) is 7.10. The number of fused-ring (bicyclic) bond motifs is 6. The molecule has 2 nitrogen and oxygen atoms in total. The third-order valence-corrected chi connectivity index (χ3v) is 5.51. The zero-order valence-corrected chi connectivity index (χ0v) is 14.9. The Labute approximate surface area is 156 Å². The number of hydrogen-bond donors (Lipinski definition) is 0. The van der Waals surface area contributed by atoms with Gasteiger partial charge in [-0.05, 0) is 42.8 Å². The summed E-state index contributed by atoms with van der Waals surface area (Å²) in [7, 11) is 0. The number of benzene rings is 4. The molecule has 2 aromatic heterocycles. The Morgan fingerprint density at radius 3 is 2.30 bits per heavy atom. The Morgan fingerprint density at radius 1 is 0.630 bits per heavy atom. The van der Waals surface area contributed by atoms with Gasteiger partial charge in [-0.3, -0.25) is 0 Å². The molecule has 0 aliphatic rings. The first kappa shape index (κ1) is 14.6. The van der Waals surface area contributed by atoms with Gasteiger partial charge in [0.1, 0.15) is 11.2 Å². The number of nitrogens with zero attached hydrogens (tertiary/aromatic N) is 1. The first-order chi connectivity index (χ1) is 13.3. The predicted octanol–water partition coefficient (Wildman–Crippen LogP) is 6.99. The van der Waals surface area contributed by atoms with Crippen molar-refractivity contribution in [2.45, 2.75) is 6.92 Å². The van der Waals surface area contributed by atoms with Crippen LogP contribution < -0.4 is 0 Å². The van der Waals surface area contributed by atoms with Crippen molar-refractivity contribution in [3.05, 3.63) is 90.5 Å². The standard InChI is InChI=1S/C25H17NO/c1-16-7-6-10-20-18-8-2-4-11-22(18)26(25(16)20)17-13-14-24-21(15-17)19-9-3-5-12-23(19)27-24/h2-15H,1H3. The molecule has 0 saturated carbocycles. The fourth-order valence-corrected chi connectivity index (χ4v) is 4.31. The van der Waals surface area contributed by atoms with Crippen LogP contribution in [0, 0.1) is 6.92 Å². The van der Waals surface area contributed by atoms with Gasteiger partial charge < -0.3 is 8.98 Å². The molecule has 0 N–H and O–H groups in total. The first-order valence-electron chi connectivity index (χ1n) is 9.22. The predicted molar refractivity (Wildman–Crippen MR) is 113 cm³/mol. The summed E-state index contributed by atoms with van der Waals surface area (Å²) in [6, 6.07) is 29.9. The van der Waals surface area contributed by atoms with Gasteiger partial charge in [0.25, 0.3) is 0 Å². The van der Waals surface area contributed by atoms with Crippen LogP contribution in [0.25, 0.3) is 49.4 Å². The molecule has 0 aliphatic heterocycles. The van der Waals surface area contributed by atoms with Gasteiger partial charge in [0.15, 0.2) is 0 Å². The molecule has 0 radical (unpaired) electrons. The monoisotopic (exact) mass is 347 g/mol. The lowest BCUT2D eigenvalue weighted by molar-refractivity contribution is 0.669. The highest BCUT2D eigenvalue weighted by atomic mass is 16.3. The molecule has 2 heteroatoms. The van der Waals surface area contributed by atoms with E-state index in [-0.39, 0.29) is 0 Å². The third-order valence-electron chi connectivity index (χ3n) is 5.51. The maximum Gasteiger partial charge on any atom is 0.135 e. The maximum absolute atomic E-state index is 6.01. The van der Waals surface area contributed by atoms with Crippen LogP contribution in [0.3, 0.4) is 0 Å². The molecule has 27 heavy (non-hydrogen) atoms. The van der Waals surface area contributed by atoms with Crippen LogP contribution in [0.5, 0.6) is 0 Å². The number of aryl methyl sites for hydroxylation is 1. The van der Waals surface area contributed by atoms with Crippen molar-refractivity contribution in [2.24, 2.45) is 0 Å². The molecule has 128 valence electrons. The Hall–Kier alpha value is -3.52. The number of para-hydroxylation sites is 3. The van der Waals surface area contributed by atoms with E-state index in [9.17, 15) is 0 Å². The van der Waals surface area contributed by atoms with E-state index in [0.717, 1.165) is 27.6 Å². The highest BCUT2D eigenvalue weighted by Crippen LogP contribution is 2.36. The van der Waals surface area contributed by atoms with Crippen molar-refractivity contribution in [1.82, 2.24) is 4.57 Å². The van der Waals surface area contributed by atoms with Gasteiger partial charge >= 0.3 is 0 Å². The van der Waals surface area contributed by atoms with E-state index >= 15 is 0 Å². The zero-order chi connectivity index (χ0) is 18.0. The molecule has 6 rings (SSSR count). The maximum atomic E-state index is 6.01. The molecule has 0 amide bonds. The number of hydrogen-bond acceptors (Lipinski definition) is 1. The highest BCUT2D eigenvalue weighted by Gasteiger charge is 2.15. The lowest BCUT2D eigenvalue weighted by Crippen LogP contribution is -1.94. The summed E-state index contributed by atoms with van der Waals surface area (Å²) in [6.45, 7) is 2.18. The van der Waals surface area contributed by atoms with Gasteiger partial charge in [0.05, 0.1) is 11.0 Å². The van der Waals surface area contributed by atoms with Gasteiger partial charge in [0, 0.05) is 27.2 Å². The molecule has 6 aromatic rings. The van der Waals surface area contributed by atoms with E-state index in [1.54, 1.807) is 0 Å². The minimum atomic E-state index is 0.928. The second-order valence-electron chi connectivity index (χ2n) is 7.10. The summed E-state index contributed by atoms with van der Waals surface area (Å²) < 4.78 is 8.39. The van der Waals surface area contributed by atoms with Crippen LogP contribution in [-0.4, -0.2) is 4.57 Å². The SMILES string of the molecule is Cc1cccc2c3ccccc3n(-c3ccc4oc5ccccc5c4c3)c12. The molecule has 0 aliphatic carbocycles. The average Bonchev–Trinajstić information content (AvgIpc) is 3.24. The van der Waals surface area contributed by atoms with E-state index in [2.05, 4.69) is 84.3 Å². The number of furan rings is 1. The first-order valence-corrected chi connectivity index (χ1v) is 9.22. The second kappa shape index (κ2) is 5.24. The van der Waals surface area contributed by atoms with Gasteiger partial charge in [-0.2, -0.15) is 0 Å².